The van der Waals surface area contributed by atoms with Gasteiger partial charge >= 0.3 is 0 Å². The van der Waals surface area contributed by atoms with Crippen LogP contribution in [0.4, 0.5) is 5.69 Å². The predicted molar refractivity (Wildman–Crippen MR) is 98.7 cm³/mol. The van der Waals surface area contributed by atoms with Crippen molar-refractivity contribution in [2.75, 3.05) is 5.32 Å². The zero-order valence-electron chi connectivity index (χ0n) is 10.8. The monoisotopic (exact) mass is 441 g/mol. The summed E-state index contributed by atoms with van der Waals surface area (Å²) in [5, 5.41) is 8.74. The number of carbonyl (C=O) groups excluding carboxylic acids is 1. The standard InChI is InChI=1S/C11H9Cl6N3OS/c1-4(21)18-9(11(15,16)17)20-10(22)19-8-6(13)2-5(12)3-7(8)14/h2-3,9H,1H3,(H,18,21)(H2,19,20,22)/t9-/m0/s1. The van der Waals surface area contributed by atoms with Crippen LogP contribution in [-0.2, 0) is 4.79 Å². The summed E-state index contributed by atoms with van der Waals surface area (Å²) in [4.78, 5) is 11.1. The van der Waals surface area contributed by atoms with Gasteiger partial charge in [-0.05, 0) is 24.4 Å². The molecule has 11 heteroatoms. The van der Waals surface area contributed by atoms with Gasteiger partial charge in [0.15, 0.2) is 5.11 Å². The lowest BCUT2D eigenvalue weighted by molar-refractivity contribution is -0.119. The average molecular weight is 444 g/mol. The number of alkyl halides is 3. The zero-order chi connectivity index (χ0) is 17.1. The Bertz CT molecular complexity index is 569. The molecule has 1 rings (SSSR count). The minimum Gasteiger partial charge on any atom is -0.339 e. The molecule has 0 aromatic heterocycles. The molecule has 3 N–H and O–H groups in total. The van der Waals surface area contributed by atoms with E-state index in [9.17, 15) is 4.79 Å². The molecule has 0 aliphatic rings. The highest BCUT2D eigenvalue weighted by Crippen LogP contribution is 2.34. The maximum absolute atomic E-state index is 11.1. The largest absolute Gasteiger partial charge is 0.339 e. The van der Waals surface area contributed by atoms with Crippen LogP contribution in [0, 0.1) is 0 Å². The van der Waals surface area contributed by atoms with Crippen molar-refractivity contribution in [1.29, 1.82) is 0 Å². The number of amides is 1. The van der Waals surface area contributed by atoms with Crippen LogP contribution in [0.3, 0.4) is 0 Å². The molecule has 0 aliphatic heterocycles. The van der Waals surface area contributed by atoms with Gasteiger partial charge in [0.05, 0.1) is 15.7 Å². The lowest BCUT2D eigenvalue weighted by Crippen LogP contribution is -2.55. The minimum absolute atomic E-state index is 0.0381. The van der Waals surface area contributed by atoms with Gasteiger partial charge in [-0.15, -0.1) is 0 Å². The average Bonchev–Trinajstić information content (AvgIpc) is 2.31. The van der Waals surface area contributed by atoms with Crippen molar-refractivity contribution >= 4 is 98.5 Å². The summed E-state index contributed by atoms with van der Waals surface area (Å²) in [5.74, 6) is -0.408. The van der Waals surface area contributed by atoms with Crippen molar-refractivity contribution < 1.29 is 4.79 Å². The van der Waals surface area contributed by atoms with Crippen LogP contribution in [0.5, 0.6) is 0 Å². The van der Waals surface area contributed by atoms with Crippen LogP contribution < -0.4 is 16.0 Å². The highest BCUT2D eigenvalue weighted by atomic mass is 35.6. The van der Waals surface area contributed by atoms with Crippen LogP contribution in [0.1, 0.15) is 6.92 Å². The number of thiocarbonyl (C=S) groups is 1. The van der Waals surface area contributed by atoms with Crippen LogP contribution in [-0.4, -0.2) is 21.0 Å². The second-order valence-corrected chi connectivity index (χ2v) is 8.05. The molecule has 0 aliphatic carbocycles. The zero-order valence-corrected chi connectivity index (χ0v) is 16.2. The molecule has 0 bridgehead atoms. The maximum Gasteiger partial charge on any atom is 0.228 e. The Morgan fingerprint density at radius 2 is 1.64 bits per heavy atom. The lowest BCUT2D eigenvalue weighted by atomic mass is 10.3. The molecule has 1 atom stereocenters. The summed E-state index contributed by atoms with van der Waals surface area (Å²) in [6.45, 7) is 1.27. The van der Waals surface area contributed by atoms with E-state index in [1.807, 2.05) is 0 Å². The molecule has 4 nitrogen and oxygen atoms in total. The normalized spacial score (nSPS) is 12.5. The van der Waals surface area contributed by atoms with Gasteiger partial charge in [0.25, 0.3) is 0 Å². The number of rotatable bonds is 3. The molecule has 1 amide bonds. The van der Waals surface area contributed by atoms with E-state index in [4.69, 9.17) is 81.8 Å². The van der Waals surface area contributed by atoms with Crippen LogP contribution in [0.15, 0.2) is 12.1 Å². The van der Waals surface area contributed by atoms with Crippen LogP contribution in [0.25, 0.3) is 0 Å². The van der Waals surface area contributed by atoms with Crippen molar-refractivity contribution in [2.24, 2.45) is 0 Å². The van der Waals surface area contributed by atoms with E-state index in [1.54, 1.807) is 0 Å². The number of carbonyl (C=O) groups is 1. The lowest BCUT2D eigenvalue weighted by Gasteiger charge is -2.27. The molecule has 0 spiro atoms. The Balaban J connectivity index is 2.87. The third-order valence-electron chi connectivity index (χ3n) is 2.20. The van der Waals surface area contributed by atoms with Gasteiger partial charge in [0.1, 0.15) is 6.17 Å². The van der Waals surface area contributed by atoms with Crippen LogP contribution >= 0.6 is 81.8 Å². The molecule has 0 fully saturated rings. The second-order valence-electron chi connectivity index (χ2n) is 4.02. The molecule has 0 saturated heterocycles. The van der Waals surface area contributed by atoms with Crippen LogP contribution in [0.2, 0.25) is 15.1 Å². The summed E-state index contributed by atoms with van der Waals surface area (Å²) < 4.78 is -1.83. The van der Waals surface area contributed by atoms with E-state index in [0.29, 0.717) is 10.7 Å². The maximum atomic E-state index is 11.1. The summed E-state index contributed by atoms with van der Waals surface area (Å²) in [6, 6.07) is 2.97. The molecular formula is C11H9Cl6N3OS. The Kier molecular flexibility index (Phi) is 7.60. The predicted octanol–water partition coefficient (Wildman–Crippen LogP) is 4.77. The summed E-state index contributed by atoms with van der Waals surface area (Å²) in [7, 11) is 0. The van der Waals surface area contributed by atoms with Crippen molar-refractivity contribution in [1.82, 2.24) is 10.6 Å². The molecule has 0 radical (unpaired) electrons. The highest BCUT2D eigenvalue weighted by molar-refractivity contribution is 7.80. The van der Waals surface area contributed by atoms with E-state index in [0.717, 1.165) is 0 Å². The van der Waals surface area contributed by atoms with Gasteiger partial charge in [-0.2, -0.15) is 0 Å². The number of benzene rings is 1. The quantitative estimate of drug-likeness (QED) is 0.358. The summed E-state index contributed by atoms with van der Waals surface area (Å²) in [5.41, 5.74) is 0.330. The number of nitrogens with one attached hydrogen (secondary N) is 3. The topological polar surface area (TPSA) is 53.2 Å². The summed E-state index contributed by atoms with van der Waals surface area (Å²) >= 11 is 40.3. The van der Waals surface area contributed by atoms with Gasteiger partial charge in [-0.3, -0.25) is 4.79 Å². The SMILES string of the molecule is CC(=O)N[C@@H](NC(=S)Nc1c(Cl)cc(Cl)cc1Cl)C(Cl)(Cl)Cl. The summed E-state index contributed by atoms with van der Waals surface area (Å²) in [6.07, 6.45) is -1.06. The Labute approximate surface area is 162 Å². The number of hydrogen-bond acceptors (Lipinski definition) is 2. The van der Waals surface area contributed by atoms with Gasteiger partial charge < -0.3 is 16.0 Å². The fraction of sp³-hybridized carbons (Fsp3) is 0.273. The van der Waals surface area contributed by atoms with Crippen molar-refractivity contribution in [3.05, 3.63) is 27.2 Å². The molecule has 22 heavy (non-hydrogen) atoms. The number of halogens is 6. The smallest absolute Gasteiger partial charge is 0.228 e. The Morgan fingerprint density at radius 3 is 2.05 bits per heavy atom. The first kappa shape index (κ1) is 20.2. The fourth-order valence-electron chi connectivity index (χ4n) is 1.35. The van der Waals surface area contributed by atoms with Gasteiger partial charge in [-0.25, -0.2) is 0 Å². The minimum atomic E-state index is -1.83. The molecule has 0 unspecified atom stereocenters. The first-order valence-electron chi connectivity index (χ1n) is 5.56. The Hall–Kier alpha value is 0.120. The van der Waals surface area contributed by atoms with Crippen molar-refractivity contribution in [2.45, 2.75) is 16.9 Å². The molecule has 0 heterocycles. The highest BCUT2D eigenvalue weighted by Gasteiger charge is 2.34. The number of anilines is 1. The molecule has 122 valence electrons. The van der Waals surface area contributed by atoms with Gasteiger partial charge in [-0.1, -0.05) is 69.6 Å². The second kappa shape index (κ2) is 8.29. The van der Waals surface area contributed by atoms with Gasteiger partial charge in [0, 0.05) is 11.9 Å². The van der Waals surface area contributed by atoms with E-state index in [-0.39, 0.29) is 15.2 Å². The van der Waals surface area contributed by atoms with E-state index in [1.165, 1.54) is 19.1 Å². The van der Waals surface area contributed by atoms with Crippen molar-refractivity contribution in [3.8, 4) is 0 Å². The molecule has 1 aromatic rings. The Morgan fingerprint density at radius 1 is 1.14 bits per heavy atom. The van der Waals surface area contributed by atoms with Crippen molar-refractivity contribution in [3.63, 3.8) is 0 Å². The third-order valence-corrected chi connectivity index (χ3v) is 3.88. The molecule has 0 saturated carbocycles. The van der Waals surface area contributed by atoms with E-state index >= 15 is 0 Å². The number of hydrogen-bond donors (Lipinski definition) is 3. The first-order chi connectivity index (χ1) is 10.0. The van der Waals surface area contributed by atoms with E-state index in [2.05, 4.69) is 16.0 Å². The molecule has 1 aromatic carbocycles. The van der Waals surface area contributed by atoms with E-state index < -0.39 is 15.9 Å². The first-order valence-corrected chi connectivity index (χ1v) is 8.24. The van der Waals surface area contributed by atoms with Gasteiger partial charge in [0.2, 0.25) is 9.70 Å². The third kappa shape index (κ3) is 6.32. The fourth-order valence-corrected chi connectivity index (χ4v) is 2.80. The molecular weight excluding hydrogens is 435 g/mol.